The number of hydrogen-bond acceptors (Lipinski definition) is 4. The van der Waals surface area contributed by atoms with Gasteiger partial charge >= 0.3 is 6.18 Å². The lowest BCUT2D eigenvalue weighted by atomic mass is 9.93. The van der Waals surface area contributed by atoms with Crippen molar-refractivity contribution in [1.82, 2.24) is 10.6 Å². The molecule has 3 N–H and O–H groups in total. The van der Waals surface area contributed by atoms with Crippen molar-refractivity contribution in [3.63, 3.8) is 0 Å². The maximum absolute atomic E-state index is 14.1. The molecule has 0 radical (unpaired) electrons. The van der Waals surface area contributed by atoms with Crippen LogP contribution < -0.4 is 20.7 Å². The molecule has 6 nitrogen and oxygen atoms in total. The van der Waals surface area contributed by atoms with Crippen molar-refractivity contribution in [2.75, 3.05) is 19.0 Å². The largest absolute Gasteiger partial charge is 0.496 e. The number of nitrogens with one attached hydrogen (secondary N) is 3. The first kappa shape index (κ1) is 29.2. The molecule has 1 heterocycles. The molecule has 0 fully saturated rings. The van der Waals surface area contributed by atoms with Gasteiger partial charge in [-0.1, -0.05) is 11.6 Å². The highest BCUT2D eigenvalue weighted by Crippen LogP contribution is 2.45. The molecule has 0 aliphatic carbocycles. The second-order valence-electron chi connectivity index (χ2n) is 8.68. The van der Waals surface area contributed by atoms with Crippen molar-refractivity contribution >= 4 is 29.1 Å². The maximum atomic E-state index is 14.1. The third-order valence-corrected chi connectivity index (χ3v) is 6.35. The van der Waals surface area contributed by atoms with Gasteiger partial charge in [-0.05, 0) is 42.5 Å². The molecular weight excluding hydrogens is 571 g/mol. The summed E-state index contributed by atoms with van der Waals surface area (Å²) >= 11 is 6.26. The maximum Gasteiger partial charge on any atom is 0.416 e. The number of alkyl halides is 5. The Morgan fingerprint density at radius 3 is 2.48 bits per heavy atom. The first-order valence-electron chi connectivity index (χ1n) is 11.5. The minimum Gasteiger partial charge on any atom is -0.496 e. The monoisotopic (exact) mass is 589 g/mol. The van der Waals surface area contributed by atoms with Crippen molar-refractivity contribution in [3.05, 3.63) is 92.5 Å². The van der Waals surface area contributed by atoms with E-state index in [1.54, 1.807) is 0 Å². The summed E-state index contributed by atoms with van der Waals surface area (Å²) in [5, 5.41) is 7.48. The van der Waals surface area contributed by atoms with Crippen molar-refractivity contribution in [2.24, 2.45) is 0 Å². The molecule has 1 unspecified atom stereocenters. The number of amides is 2. The van der Waals surface area contributed by atoms with E-state index >= 15 is 0 Å². The van der Waals surface area contributed by atoms with E-state index in [1.165, 1.54) is 19.2 Å². The van der Waals surface area contributed by atoms with E-state index < -0.39 is 59.8 Å². The number of carbonyl (C=O) groups excluding carboxylic acids is 2. The first-order chi connectivity index (χ1) is 18.8. The number of ether oxygens (including phenoxy) is 1. The molecule has 0 saturated carbocycles. The van der Waals surface area contributed by atoms with Crippen LogP contribution in [-0.2, 0) is 12.7 Å². The molecule has 0 aromatic heterocycles. The van der Waals surface area contributed by atoms with Crippen molar-refractivity contribution in [2.45, 2.75) is 25.2 Å². The third-order valence-electron chi connectivity index (χ3n) is 6.01. The second kappa shape index (κ2) is 11.3. The minimum atomic E-state index is -4.95. The number of halogens is 8. The molecule has 1 aliphatic heterocycles. The number of carbonyl (C=O) groups is 2. The summed E-state index contributed by atoms with van der Waals surface area (Å²) in [4.78, 5) is 26.2. The van der Waals surface area contributed by atoms with E-state index in [-0.39, 0.29) is 51.3 Å². The average Bonchev–Trinajstić information content (AvgIpc) is 3.21. The lowest BCUT2D eigenvalue weighted by molar-refractivity contribution is -0.137. The van der Waals surface area contributed by atoms with Crippen LogP contribution in [0.2, 0.25) is 5.02 Å². The third kappa shape index (κ3) is 5.99. The molecule has 2 amide bonds. The number of rotatable bonds is 8. The molecule has 1 aliphatic rings. The van der Waals surface area contributed by atoms with Gasteiger partial charge < -0.3 is 20.7 Å². The van der Waals surface area contributed by atoms with Gasteiger partial charge in [-0.15, -0.1) is 0 Å². The Morgan fingerprint density at radius 1 is 1.10 bits per heavy atom. The van der Waals surface area contributed by atoms with Crippen molar-refractivity contribution < 1.29 is 45.1 Å². The molecule has 4 rings (SSSR count). The SMILES string of the molecule is COc1c(CNCC(F)F)cc(NC(=O)c2cc(F)cc(C(F)(F)F)c2)c2c1C(=O)NC2c1cc(F)ccc1Cl. The van der Waals surface area contributed by atoms with E-state index in [1.807, 2.05) is 0 Å². The van der Waals surface area contributed by atoms with Crippen LogP contribution in [0, 0.1) is 11.6 Å². The molecule has 3 aromatic carbocycles. The topological polar surface area (TPSA) is 79.5 Å². The zero-order valence-corrected chi connectivity index (χ0v) is 21.1. The molecule has 14 heteroatoms. The van der Waals surface area contributed by atoms with E-state index in [4.69, 9.17) is 16.3 Å². The molecule has 0 bridgehead atoms. The summed E-state index contributed by atoms with van der Waals surface area (Å²) in [5.74, 6) is -3.99. The van der Waals surface area contributed by atoms with Crippen LogP contribution >= 0.6 is 11.6 Å². The van der Waals surface area contributed by atoms with Crippen LogP contribution in [0.1, 0.15) is 49.0 Å². The van der Waals surface area contributed by atoms with Gasteiger partial charge in [0.05, 0.1) is 30.8 Å². The van der Waals surface area contributed by atoms with Crippen LogP contribution in [-0.4, -0.2) is 31.9 Å². The van der Waals surface area contributed by atoms with Crippen LogP contribution in [0.5, 0.6) is 5.75 Å². The Hall–Kier alpha value is -3.84. The predicted octanol–water partition coefficient (Wildman–Crippen LogP) is 6.09. The highest BCUT2D eigenvalue weighted by Gasteiger charge is 2.38. The van der Waals surface area contributed by atoms with E-state index in [9.17, 15) is 40.3 Å². The molecular formula is C26H19ClF7N3O3. The van der Waals surface area contributed by atoms with E-state index in [2.05, 4.69) is 16.0 Å². The van der Waals surface area contributed by atoms with Gasteiger partial charge in [0.1, 0.15) is 17.4 Å². The van der Waals surface area contributed by atoms with Crippen LogP contribution in [0.3, 0.4) is 0 Å². The van der Waals surface area contributed by atoms with Crippen molar-refractivity contribution in [3.8, 4) is 5.75 Å². The Bertz CT molecular complexity index is 1480. The molecule has 0 saturated heterocycles. The van der Waals surface area contributed by atoms with Gasteiger partial charge in [0.25, 0.3) is 18.2 Å². The van der Waals surface area contributed by atoms with Gasteiger partial charge in [0.2, 0.25) is 0 Å². The van der Waals surface area contributed by atoms with Gasteiger partial charge in [-0.3, -0.25) is 9.59 Å². The lowest BCUT2D eigenvalue weighted by Gasteiger charge is -2.21. The molecule has 1 atom stereocenters. The fourth-order valence-electron chi connectivity index (χ4n) is 4.37. The Labute approximate surface area is 227 Å². The first-order valence-corrected chi connectivity index (χ1v) is 11.9. The summed E-state index contributed by atoms with van der Waals surface area (Å²) in [6.07, 6.45) is -7.66. The predicted molar refractivity (Wildman–Crippen MR) is 131 cm³/mol. The quantitative estimate of drug-likeness (QED) is 0.278. The normalized spacial score (nSPS) is 14.8. The highest BCUT2D eigenvalue weighted by molar-refractivity contribution is 6.31. The Morgan fingerprint density at radius 2 is 1.82 bits per heavy atom. The summed E-state index contributed by atoms with van der Waals surface area (Å²) in [6.45, 7) is -0.986. The summed E-state index contributed by atoms with van der Waals surface area (Å²) in [7, 11) is 1.21. The smallest absolute Gasteiger partial charge is 0.416 e. The summed E-state index contributed by atoms with van der Waals surface area (Å²) < 4.78 is 98.6. The van der Waals surface area contributed by atoms with Crippen LogP contribution in [0.25, 0.3) is 0 Å². The van der Waals surface area contributed by atoms with Crippen LogP contribution in [0.15, 0.2) is 42.5 Å². The fraction of sp³-hybridized carbons (Fsp3) is 0.231. The van der Waals surface area contributed by atoms with Gasteiger partial charge in [-0.2, -0.15) is 13.2 Å². The zero-order chi connectivity index (χ0) is 29.4. The number of anilines is 1. The van der Waals surface area contributed by atoms with E-state index in [0.29, 0.717) is 12.1 Å². The molecule has 212 valence electrons. The number of benzene rings is 3. The minimum absolute atomic E-state index is 0.0211. The molecule has 0 spiro atoms. The lowest BCUT2D eigenvalue weighted by Crippen LogP contribution is -2.22. The highest BCUT2D eigenvalue weighted by atomic mass is 35.5. The Balaban J connectivity index is 1.87. The summed E-state index contributed by atoms with van der Waals surface area (Å²) in [5.41, 5.74) is -2.16. The van der Waals surface area contributed by atoms with Crippen LogP contribution in [0.4, 0.5) is 36.4 Å². The zero-order valence-electron chi connectivity index (χ0n) is 20.4. The summed E-state index contributed by atoms with van der Waals surface area (Å²) in [6, 6.07) is 4.71. The second-order valence-corrected chi connectivity index (χ2v) is 9.09. The number of hydrogen-bond donors (Lipinski definition) is 3. The fourth-order valence-corrected chi connectivity index (χ4v) is 4.59. The number of fused-ring (bicyclic) bond motifs is 1. The molecule has 40 heavy (non-hydrogen) atoms. The Kier molecular flexibility index (Phi) is 8.26. The van der Waals surface area contributed by atoms with Gasteiger partial charge in [0.15, 0.2) is 0 Å². The standard InChI is InChI=1S/C26H19ClF7N3O3/c1-40-23-12(9-35-10-19(30)31)6-18(36-24(38)11-4-13(26(32,33)34)7-15(29)5-11)20-21(23)25(39)37-22(20)16-8-14(28)2-3-17(16)27/h2-8,19,22,35H,9-10H2,1H3,(H,36,38)(H,37,39). The molecule has 3 aromatic rings. The van der Waals surface area contributed by atoms with Crippen molar-refractivity contribution in [1.29, 1.82) is 0 Å². The van der Waals surface area contributed by atoms with Gasteiger partial charge in [-0.25, -0.2) is 17.6 Å². The van der Waals surface area contributed by atoms with E-state index in [0.717, 1.165) is 12.1 Å². The number of methoxy groups -OCH3 is 1. The average molecular weight is 590 g/mol. The van der Waals surface area contributed by atoms with Gasteiger partial charge in [0, 0.05) is 39.5 Å².